The summed E-state index contributed by atoms with van der Waals surface area (Å²) < 4.78 is 0. The van der Waals surface area contributed by atoms with Gasteiger partial charge in [-0.25, -0.2) is 19.9 Å². The minimum absolute atomic E-state index is 0.205. The van der Waals surface area contributed by atoms with Crippen molar-refractivity contribution in [3.63, 3.8) is 0 Å². The number of carbonyl (C=O) groups excluding carboxylic acids is 1. The fourth-order valence-corrected chi connectivity index (χ4v) is 3.06. The van der Waals surface area contributed by atoms with E-state index in [2.05, 4.69) is 35.1 Å². The Morgan fingerprint density at radius 3 is 2.18 bits per heavy atom. The Morgan fingerprint density at radius 2 is 1.46 bits per heavy atom. The molecule has 0 bridgehead atoms. The number of nitrogens with zero attached hydrogens (tertiary/aromatic N) is 6. The minimum atomic E-state index is -0.205. The van der Waals surface area contributed by atoms with Crippen molar-refractivity contribution in [2.75, 3.05) is 36.0 Å². The molecule has 1 amide bonds. The van der Waals surface area contributed by atoms with Crippen LogP contribution in [-0.4, -0.2) is 52.0 Å². The van der Waals surface area contributed by atoms with Crippen LogP contribution in [0, 0.1) is 0 Å². The third-order valence-corrected chi connectivity index (χ3v) is 4.57. The van der Waals surface area contributed by atoms with Crippen LogP contribution in [0.5, 0.6) is 0 Å². The normalized spacial score (nSPS) is 14.0. The van der Waals surface area contributed by atoms with Gasteiger partial charge < -0.3 is 15.1 Å². The van der Waals surface area contributed by atoms with Gasteiger partial charge in [0.05, 0.1) is 0 Å². The van der Waals surface area contributed by atoms with Crippen molar-refractivity contribution in [2.45, 2.75) is 6.54 Å². The minimum Gasteiger partial charge on any atom is -0.347 e. The molecule has 0 atom stereocenters. The van der Waals surface area contributed by atoms with E-state index in [1.807, 2.05) is 36.4 Å². The molecule has 3 aromatic rings. The summed E-state index contributed by atoms with van der Waals surface area (Å²) in [5, 5.41) is 2.90. The van der Waals surface area contributed by atoms with E-state index in [0.717, 1.165) is 37.7 Å². The molecule has 0 aliphatic carbocycles. The van der Waals surface area contributed by atoms with Gasteiger partial charge in [0.1, 0.15) is 5.69 Å². The first kappa shape index (κ1) is 17.8. The first-order valence-corrected chi connectivity index (χ1v) is 9.22. The van der Waals surface area contributed by atoms with Crippen molar-refractivity contribution >= 4 is 17.8 Å². The molecule has 0 spiro atoms. The second-order valence-corrected chi connectivity index (χ2v) is 6.43. The highest BCUT2D eigenvalue weighted by atomic mass is 16.1. The monoisotopic (exact) mass is 375 g/mol. The van der Waals surface area contributed by atoms with Crippen LogP contribution in [0.15, 0.2) is 61.1 Å². The van der Waals surface area contributed by atoms with Gasteiger partial charge in [0.15, 0.2) is 0 Å². The molecule has 4 rings (SSSR count). The lowest BCUT2D eigenvalue weighted by Crippen LogP contribution is -2.47. The number of anilines is 2. The van der Waals surface area contributed by atoms with Crippen LogP contribution in [0.25, 0.3) is 0 Å². The molecule has 1 aliphatic rings. The Bertz CT molecular complexity index is 912. The van der Waals surface area contributed by atoms with Gasteiger partial charge in [0.2, 0.25) is 11.9 Å². The van der Waals surface area contributed by atoms with Crippen LogP contribution in [0.3, 0.4) is 0 Å². The predicted molar refractivity (Wildman–Crippen MR) is 106 cm³/mol. The van der Waals surface area contributed by atoms with Gasteiger partial charge in [-0.15, -0.1) is 0 Å². The zero-order chi connectivity index (χ0) is 19.2. The van der Waals surface area contributed by atoms with Crippen LogP contribution in [0.1, 0.15) is 16.1 Å². The lowest BCUT2D eigenvalue weighted by atomic mass is 10.2. The van der Waals surface area contributed by atoms with E-state index in [-0.39, 0.29) is 5.91 Å². The number of benzene rings is 1. The third kappa shape index (κ3) is 4.22. The number of amides is 1. The molecule has 3 heterocycles. The Morgan fingerprint density at radius 1 is 0.821 bits per heavy atom. The predicted octanol–water partition coefficient (Wildman–Crippen LogP) is 1.52. The van der Waals surface area contributed by atoms with Crippen LogP contribution in [-0.2, 0) is 6.54 Å². The molecule has 1 fully saturated rings. The molecule has 0 saturated carbocycles. The summed E-state index contributed by atoms with van der Waals surface area (Å²) in [6.45, 7) is 3.51. The first-order chi connectivity index (χ1) is 13.8. The van der Waals surface area contributed by atoms with Crippen molar-refractivity contribution in [1.82, 2.24) is 25.3 Å². The fraction of sp³-hybridized carbons (Fsp3) is 0.250. The topological polar surface area (TPSA) is 87.1 Å². The average molecular weight is 375 g/mol. The second kappa shape index (κ2) is 8.43. The zero-order valence-corrected chi connectivity index (χ0v) is 15.4. The zero-order valence-electron chi connectivity index (χ0n) is 15.4. The van der Waals surface area contributed by atoms with Gasteiger partial charge >= 0.3 is 0 Å². The highest BCUT2D eigenvalue weighted by Gasteiger charge is 2.21. The molecule has 1 saturated heterocycles. The van der Waals surface area contributed by atoms with E-state index in [0.29, 0.717) is 18.2 Å². The molecule has 28 heavy (non-hydrogen) atoms. The number of rotatable bonds is 5. The summed E-state index contributed by atoms with van der Waals surface area (Å²) in [5.41, 5.74) is 1.42. The molecule has 8 heteroatoms. The maximum absolute atomic E-state index is 12.4. The van der Waals surface area contributed by atoms with E-state index in [9.17, 15) is 4.79 Å². The fourth-order valence-electron chi connectivity index (χ4n) is 3.06. The van der Waals surface area contributed by atoms with Crippen LogP contribution in [0.4, 0.5) is 11.9 Å². The lowest BCUT2D eigenvalue weighted by Gasteiger charge is -2.34. The van der Waals surface area contributed by atoms with Gasteiger partial charge in [-0.3, -0.25) is 4.79 Å². The van der Waals surface area contributed by atoms with Crippen molar-refractivity contribution in [2.24, 2.45) is 0 Å². The van der Waals surface area contributed by atoms with E-state index in [1.54, 1.807) is 24.7 Å². The van der Waals surface area contributed by atoms with Gasteiger partial charge in [-0.05, 0) is 17.7 Å². The Labute approximate surface area is 163 Å². The van der Waals surface area contributed by atoms with Gasteiger partial charge in [-0.1, -0.05) is 30.3 Å². The molecule has 1 N–H and O–H groups in total. The summed E-state index contributed by atoms with van der Waals surface area (Å²) in [6.07, 6.45) is 5.12. The molecule has 1 aromatic carbocycles. The first-order valence-electron chi connectivity index (χ1n) is 9.22. The Hall–Kier alpha value is -3.55. The summed E-state index contributed by atoms with van der Waals surface area (Å²) in [7, 11) is 0. The highest BCUT2D eigenvalue weighted by molar-refractivity contribution is 5.92. The summed E-state index contributed by atoms with van der Waals surface area (Å²) >= 11 is 0. The molecule has 0 radical (unpaired) electrons. The van der Waals surface area contributed by atoms with Crippen molar-refractivity contribution in [3.05, 3.63) is 72.3 Å². The van der Waals surface area contributed by atoms with E-state index in [4.69, 9.17) is 0 Å². The van der Waals surface area contributed by atoms with Gasteiger partial charge in [0.25, 0.3) is 5.91 Å². The van der Waals surface area contributed by atoms with Gasteiger partial charge in [0, 0.05) is 51.3 Å². The van der Waals surface area contributed by atoms with E-state index < -0.39 is 0 Å². The molecule has 1 aliphatic heterocycles. The quantitative estimate of drug-likeness (QED) is 0.723. The van der Waals surface area contributed by atoms with E-state index in [1.165, 1.54) is 0 Å². The number of nitrogens with one attached hydrogen (secondary N) is 1. The molecule has 2 aromatic heterocycles. The van der Waals surface area contributed by atoms with Crippen molar-refractivity contribution < 1.29 is 4.79 Å². The van der Waals surface area contributed by atoms with Gasteiger partial charge in [-0.2, -0.15) is 0 Å². The van der Waals surface area contributed by atoms with Crippen molar-refractivity contribution in [1.29, 1.82) is 0 Å². The van der Waals surface area contributed by atoms with E-state index >= 15 is 0 Å². The number of piperazine rings is 1. The second-order valence-electron chi connectivity index (χ2n) is 6.43. The average Bonchev–Trinajstić information content (AvgIpc) is 2.79. The molecule has 0 unspecified atom stereocenters. The lowest BCUT2D eigenvalue weighted by molar-refractivity contribution is 0.0946. The molecular weight excluding hydrogens is 354 g/mol. The molecule has 8 nitrogen and oxygen atoms in total. The van der Waals surface area contributed by atoms with Crippen LogP contribution in [0.2, 0.25) is 0 Å². The summed E-state index contributed by atoms with van der Waals surface area (Å²) in [5.74, 6) is 1.10. The number of hydrogen-bond acceptors (Lipinski definition) is 7. The number of carbonyl (C=O) groups is 1. The van der Waals surface area contributed by atoms with Crippen LogP contribution >= 0.6 is 0 Å². The Balaban J connectivity index is 1.37. The maximum Gasteiger partial charge on any atom is 0.270 e. The summed E-state index contributed by atoms with van der Waals surface area (Å²) in [6, 6.07) is 13.2. The maximum atomic E-state index is 12.4. The number of hydrogen-bond donors (Lipinski definition) is 1. The highest BCUT2D eigenvalue weighted by Crippen LogP contribution is 2.14. The summed E-state index contributed by atoms with van der Waals surface area (Å²) in [4.78, 5) is 34.1. The third-order valence-electron chi connectivity index (χ3n) is 4.57. The Kier molecular flexibility index (Phi) is 5.37. The standard InChI is InChI=1S/C20H21N7O/c28-18(24-15-16-5-2-1-3-6-16)17-7-10-23-20(25-17)27-13-11-26(12-14-27)19-21-8-4-9-22-19/h1-10H,11-15H2,(H,24,28). The molecule has 142 valence electrons. The smallest absolute Gasteiger partial charge is 0.270 e. The SMILES string of the molecule is O=C(NCc1ccccc1)c1ccnc(N2CCN(c3ncccn3)CC2)n1. The van der Waals surface area contributed by atoms with Crippen LogP contribution < -0.4 is 15.1 Å². The number of aromatic nitrogens is 4. The molecular formula is C20H21N7O. The largest absolute Gasteiger partial charge is 0.347 e. The van der Waals surface area contributed by atoms with Crippen molar-refractivity contribution in [3.8, 4) is 0 Å².